The number of tetrazole rings is 1. The lowest BCUT2D eigenvalue weighted by molar-refractivity contribution is 0.238. The Bertz CT molecular complexity index is 967. The van der Waals surface area contributed by atoms with Crippen molar-refractivity contribution in [2.24, 2.45) is 0 Å². The van der Waals surface area contributed by atoms with Crippen molar-refractivity contribution in [3.8, 4) is 11.5 Å². The van der Waals surface area contributed by atoms with Gasteiger partial charge in [-0.25, -0.2) is 0 Å². The zero-order valence-corrected chi connectivity index (χ0v) is 19.0. The Balaban J connectivity index is 1.11. The van der Waals surface area contributed by atoms with E-state index in [1.54, 1.807) is 11.9 Å². The van der Waals surface area contributed by atoms with Gasteiger partial charge >= 0.3 is 0 Å². The van der Waals surface area contributed by atoms with E-state index in [2.05, 4.69) is 49.5 Å². The fraction of sp³-hybridized carbons (Fsp3) is 0.458. The smallest absolute Gasteiger partial charge is 0.171 e. The average molecular weight is 437 g/mol. The Hall–Kier alpha value is -3.13. The number of methoxy groups -OCH3 is 1. The van der Waals surface area contributed by atoms with Gasteiger partial charge in [0.25, 0.3) is 0 Å². The summed E-state index contributed by atoms with van der Waals surface area (Å²) in [5.74, 6) is 2.54. The number of piperazine rings is 1. The number of aryl methyl sites for hydroxylation is 1. The minimum absolute atomic E-state index is 0.617. The Morgan fingerprint density at radius 2 is 1.72 bits per heavy atom. The molecule has 3 aromatic rings. The summed E-state index contributed by atoms with van der Waals surface area (Å²) in [6, 6.07) is 16.4. The number of rotatable bonds is 10. The van der Waals surface area contributed by atoms with E-state index < -0.39 is 0 Å². The van der Waals surface area contributed by atoms with E-state index >= 15 is 0 Å². The van der Waals surface area contributed by atoms with E-state index in [-0.39, 0.29) is 0 Å². The minimum atomic E-state index is 0.617. The van der Waals surface area contributed by atoms with Crippen LogP contribution in [-0.2, 0) is 6.54 Å². The molecule has 8 heteroatoms. The number of anilines is 1. The molecule has 170 valence electrons. The van der Waals surface area contributed by atoms with Crippen LogP contribution >= 0.6 is 0 Å². The van der Waals surface area contributed by atoms with E-state index in [0.29, 0.717) is 12.4 Å². The van der Waals surface area contributed by atoms with Crippen molar-refractivity contribution < 1.29 is 9.47 Å². The minimum Gasteiger partial charge on any atom is -0.495 e. The summed E-state index contributed by atoms with van der Waals surface area (Å²) in [5, 5.41) is 12.1. The van der Waals surface area contributed by atoms with Gasteiger partial charge in [0, 0.05) is 26.2 Å². The van der Waals surface area contributed by atoms with Gasteiger partial charge in [0.1, 0.15) is 11.5 Å². The molecule has 0 spiro atoms. The van der Waals surface area contributed by atoms with Crippen molar-refractivity contribution in [2.75, 3.05) is 51.3 Å². The fourth-order valence-corrected chi connectivity index (χ4v) is 3.98. The topological polar surface area (TPSA) is 68.5 Å². The molecule has 1 saturated heterocycles. The van der Waals surface area contributed by atoms with Gasteiger partial charge in [-0.1, -0.05) is 24.3 Å². The number of ether oxygens (including phenoxy) is 2. The second-order valence-electron chi connectivity index (χ2n) is 8.07. The summed E-state index contributed by atoms with van der Waals surface area (Å²) < 4.78 is 11.4. The van der Waals surface area contributed by atoms with Crippen molar-refractivity contribution in [3.63, 3.8) is 0 Å². The maximum absolute atomic E-state index is 5.91. The SMILES string of the molecule is COc1ccccc1N1CCN(CCCCOc2ccc(Cn3nnc(C)n3)cc2)CC1. The Labute approximate surface area is 189 Å². The monoisotopic (exact) mass is 436 g/mol. The van der Waals surface area contributed by atoms with Crippen molar-refractivity contribution in [1.29, 1.82) is 0 Å². The molecule has 0 N–H and O–H groups in total. The molecule has 1 fully saturated rings. The van der Waals surface area contributed by atoms with E-state index in [1.165, 1.54) is 5.69 Å². The molecule has 1 aliphatic heterocycles. The zero-order chi connectivity index (χ0) is 22.2. The maximum Gasteiger partial charge on any atom is 0.171 e. The van der Waals surface area contributed by atoms with Crippen LogP contribution in [0.3, 0.4) is 0 Å². The van der Waals surface area contributed by atoms with Crippen LogP contribution in [0.15, 0.2) is 48.5 Å². The molecule has 0 amide bonds. The van der Waals surface area contributed by atoms with Gasteiger partial charge in [-0.15, -0.1) is 10.2 Å². The second-order valence-corrected chi connectivity index (χ2v) is 8.07. The van der Waals surface area contributed by atoms with Gasteiger partial charge in [0.2, 0.25) is 0 Å². The normalized spacial score (nSPS) is 14.5. The zero-order valence-electron chi connectivity index (χ0n) is 19.0. The predicted octanol–water partition coefficient (Wildman–Crippen LogP) is 3.02. The molecule has 4 rings (SSSR count). The van der Waals surface area contributed by atoms with E-state index in [0.717, 1.165) is 69.2 Å². The van der Waals surface area contributed by atoms with Gasteiger partial charge in [-0.05, 0) is 61.4 Å². The molecule has 0 radical (unpaired) electrons. The Morgan fingerprint density at radius 1 is 0.938 bits per heavy atom. The largest absolute Gasteiger partial charge is 0.495 e. The molecular weight excluding hydrogens is 404 g/mol. The molecule has 0 saturated carbocycles. The van der Waals surface area contributed by atoms with Gasteiger partial charge in [0.15, 0.2) is 5.82 Å². The fourth-order valence-electron chi connectivity index (χ4n) is 3.98. The van der Waals surface area contributed by atoms with Crippen LogP contribution in [0.25, 0.3) is 0 Å². The summed E-state index contributed by atoms with van der Waals surface area (Å²) in [7, 11) is 1.74. The number of hydrogen-bond acceptors (Lipinski definition) is 7. The quantitative estimate of drug-likeness (QED) is 0.453. The molecule has 0 unspecified atom stereocenters. The van der Waals surface area contributed by atoms with Crippen LogP contribution in [-0.4, -0.2) is 71.5 Å². The summed E-state index contributed by atoms with van der Waals surface area (Å²) in [6.45, 7) is 8.55. The molecule has 2 heterocycles. The number of hydrogen-bond donors (Lipinski definition) is 0. The molecule has 32 heavy (non-hydrogen) atoms. The summed E-state index contributed by atoms with van der Waals surface area (Å²) >= 11 is 0. The first-order valence-corrected chi connectivity index (χ1v) is 11.3. The third-order valence-corrected chi connectivity index (χ3v) is 5.74. The number of nitrogens with zero attached hydrogens (tertiary/aromatic N) is 6. The lowest BCUT2D eigenvalue weighted by Crippen LogP contribution is -2.46. The van der Waals surface area contributed by atoms with E-state index in [9.17, 15) is 0 Å². The van der Waals surface area contributed by atoms with E-state index in [1.807, 2.05) is 31.2 Å². The first kappa shape index (κ1) is 22.1. The average Bonchev–Trinajstić information content (AvgIpc) is 3.24. The number of aromatic nitrogens is 4. The standard InChI is InChI=1S/C24H32N6O2/c1-20-25-27-30(26-20)19-21-9-11-22(12-10-21)32-18-6-5-13-28-14-16-29(17-15-28)23-7-3-4-8-24(23)31-2/h3-4,7-12H,5-6,13-19H2,1-2H3. The lowest BCUT2D eigenvalue weighted by Gasteiger charge is -2.36. The molecule has 1 aliphatic rings. The molecule has 0 atom stereocenters. The van der Waals surface area contributed by atoms with Crippen LogP contribution < -0.4 is 14.4 Å². The Morgan fingerprint density at radius 3 is 2.44 bits per heavy atom. The molecule has 0 bridgehead atoms. The number of unbranched alkanes of at least 4 members (excludes halogenated alkanes) is 1. The molecular formula is C24H32N6O2. The highest BCUT2D eigenvalue weighted by molar-refractivity contribution is 5.58. The maximum atomic E-state index is 5.91. The third kappa shape index (κ3) is 5.97. The van der Waals surface area contributed by atoms with Crippen LogP contribution in [0.4, 0.5) is 5.69 Å². The highest BCUT2D eigenvalue weighted by atomic mass is 16.5. The van der Waals surface area contributed by atoms with Gasteiger partial charge in [-0.2, -0.15) is 4.80 Å². The van der Waals surface area contributed by atoms with Gasteiger partial charge < -0.3 is 14.4 Å². The molecule has 1 aromatic heterocycles. The van der Waals surface area contributed by atoms with Crippen molar-refractivity contribution in [2.45, 2.75) is 26.3 Å². The van der Waals surface area contributed by atoms with Crippen LogP contribution in [0.1, 0.15) is 24.2 Å². The number of benzene rings is 2. The van der Waals surface area contributed by atoms with Gasteiger partial charge in [0.05, 0.1) is 25.9 Å². The lowest BCUT2D eigenvalue weighted by atomic mass is 10.2. The predicted molar refractivity (Wildman–Crippen MR) is 124 cm³/mol. The van der Waals surface area contributed by atoms with Gasteiger partial charge in [-0.3, -0.25) is 4.90 Å². The summed E-state index contributed by atoms with van der Waals surface area (Å²) in [6.07, 6.45) is 2.20. The first-order chi connectivity index (χ1) is 15.7. The van der Waals surface area contributed by atoms with Crippen LogP contribution in [0.5, 0.6) is 11.5 Å². The molecule has 0 aliphatic carbocycles. The van der Waals surface area contributed by atoms with Crippen molar-refractivity contribution in [3.05, 3.63) is 59.9 Å². The van der Waals surface area contributed by atoms with E-state index in [4.69, 9.17) is 9.47 Å². The summed E-state index contributed by atoms with van der Waals surface area (Å²) in [4.78, 5) is 6.56. The number of para-hydroxylation sites is 2. The van der Waals surface area contributed by atoms with Crippen molar-refractivity contribution >= 4 is 5.69 Å². The first-order valence-electron chi connectivity index (χ1n) is 11.3. The molecule has 8 nitrogen and oxygen atoms in total. The highest BCUT2D eigenvalue weighted by Crippen LogP contribution is 2.28. The summed E-state index contributed by atoms with van der Waals surface area (Å²) in [5.41, 5.74) is 2.32. The third-order valence-electron chi connectivity index (χ3n) is 5.74. The highest BCUT2D eigenvalue weighted by Gasteiger charge is 2.19. The van der Waals surface area contributed by atoms with Crippen LogP contribution in [0.2, 0.25) is 0 Å². The van der Waals surface area contributed by atoms with Crippen molar-refractivity contribution in [1.82, 2.24) is 25.1 Å². The second kappa shape index (κ2) is 10.9. The molecule has 2 aromatic carbocycles. The Kier molecular flexibility index (Phi) is 7.55. The van der Waals surface area contributed by atoms with Crippen LogP contribution in [0, 0.1) is 6.92 Å².